The van der Waals surface area contributed by atoms with Crippen LogP contribution < -0.4 is 10.1 Å². The summed E-state index contributed by atoms with van der Waals surface area (Å²) in [6.45, 7) is 5.91. The average molecular weight is 521 g/mol. The van der Waals surface area contributed by atoms with Crippen LogP contribution in [-0.2, 0) is 33.8 Å². The van der Waals surface area contributed by atoms with Gasteiger partial charge in [-0.05, 0) is 59.3 Å². The molecule has 0 atom stereocenters. The van der Waals surface area contributed by atoms with Crippen LogP contribution in [0.25, 0.3) is 11.0 Å². The van der Waals surface area contributed by atoms with Crippen molar-refractivity contribution in [3.05, 3.63) is 56.9 Å². The largest absolute Gasteiger partial charge is 0.489 e. The van der Waals surface area contributed by atoms with Crippen molar-refractivity contribution in [2.24, 2.45) is 0 Å². The Bertz CT molecular complexity index is 1070. The molecule has 0 spiro atoms. The summed E-state index contributed by atoms with van der Waals surface area (Å²) in [5.74, 6) is 0.980. The number of aryl methyl sites for hydroxylation is 1. The van der Waals surface area contributed by atoms with Crippen molar-refractivity contribution < 1.29 is 23.5 Å². The van der Waals surface area contributed by atoms with Crippen molar-refractivity contribution in [2.45, 2.75) is 40.2 Å². The van der Waals surface area contributed by atoms with Gasteiger partial charge >= 0.3 is 5.97 Å². The molecule has 0 fully saturated rings. The van der Waals surface area contributed by atoms with Gasteiger partial charge in [-0.25, -0.2) is 0 Å². The number of furan rings is 1. The number of esters is 1. The number of benzene rings is 2. The third kappa shape index (κ3) is 5.53. The number of halogens is 1. The van der Waals surface area contributed by atoms with Crippen LogP contribution in [0.5, 0.6) is 5.75 Å². The molecule has 158 valence electrons. The lowest BCUT2D eigenvalue weighted by Crippen LogP contribution is -2.10. The van der Waals surface area contributed by atoms with E-state index in [0.29, 0.717) is 30.2 Å². The summed E-state index contributed by atoms with van der Waals surface area (Å²) >= 11 is 2.26. The van der Waals surface area contributed by atoms with E-state index >= 15 is 0 Å². The summed E-state index contributed by atoms with van der Waals surface area (Å²) < 4.78 is 18.0. The fourth-order valence-electron chi connectivity index (χ4n) is 3.12. The molecule has 3 aromatic rings. The van der Waals surface area contributed by atoms with Gasteiger partial charge in [0.15, 0.2) is 0 Å². The molecule has 30 heavy (non-hydrogen) atoms. The Morgan fingerprint density at radius 1 is 1.13 bits per heavy atom. The number of hydrogen-bond acceptors (Lipinski definition) is 5. The Labute approximate surface area is 189 Å². The van der Waals surface area contributed by atoms with Gasteiger partial charge in [-0.15, -0.1) is 0 Å². The molecule has 6 nitrogen and oxygen atoms in total. The quantitative estimate of drug-likeness (QED) is 0.324. The van der Waals surface area contributed by atoms with E-state index < -0.39 is 0 Å². The number of amides is 1. The van der Waals surface area contributed by atoms with E-state index in [1.165, 1.54) is 6.92 Å². The first-order valence-electron chi connectivity index (χ1n) is 9.79. The Hall–Kier alpha value is -2.55. The zero-order chi connectivity index (χ0) is 21.7. The van der Waals surface area contributed by atoms with Crippen molar-refractivity contribution in [3.8, 4) is 5.75 Å². The molecule has 7 heteroatoms. The van der Waals surface area contributed by atoms with Crippen LogP contribution >= 0.6 is 22.6 Å². The first-order valence-corrected chi connectivity index (χ1v) is 10.9. The maximum atomic E-state index is 12.0. The van der Waals surface area contributed by atoms with E-state index in [1.54, 1.807) is 25.1 Å². The van der Waals surface area contributed by atoms with Gasteiger partial charge in [0.25, 0.3) is 0 Å². The highest BCUT2D eigenvalue weighted by atomic mass is 127. The van der Waals surface area contributed by atoms with E-state index in [0.717, 1.165) is 32.3 Å². The number of ether oxygens (including phenoxy) is 2. The highest BCUT2D eigenvalue weighted by Gasteiger charge is 2.13. The molecule has 1 aromatic heterocycles. The predicted octanol–water partition coefficient (Wildman–Crippen LogP) is 5.24. The lowest BCUT2D eigenvalue weighted by atomic mass is 10.1. The average Bonchev–Trinajstić information content (AvgIpc) is 3.11. The Balaban J connectivity index is 1.85. The van der Waals surface area contributed by atoms with Crippen molar-refractivity contribution in [1.29, 1.82) is 0 Å². The van der Waals surface area contributed by atoms with Crippen LogP contribution in [0.15, 0.2) is 40.8 Å². The minimum absolute atomic E-state index is 0.0989. The topological polar surface area (TPSA) is 77.8 Å². The number of carbonyl (C=O) groups is 2. The smallest absolute Gasteiger partial charge is 0.310 e. The third-order valence-electron chi connectivity index (χ3n) is 4.45. The maximum absolute atomic E-state index is 12.0. The highest BCUT2D eigenvalue weighted by Crippen LogP contribution is 2.29. The number of hydrogen-bond donors (Lipinski definition) is 1. The van der Waals surface area contributed by atoms with Crippen molar-refractivity contribution in [3.63, 3.8) is 0 Å². The number of rotatable bonds is 8. The molecular formula is C23H24INO5. The van der Waals surface area contributed by atoms with E-state index in [2.05, 4.69) is 34.8 Å². The van der Waals surface area contributed by atoms with Crippen molar-refractivity contribution >= 4 is 51.1 Å². The van der Waals surface area contributed by atoms with E-state index in [4.69, 9.17) is 13.9 Å². The van der Waals surface area contributed by atoms with E-state index in [-0.39, 0.29) is 18.3 Å². The summed E-state index contributed by atoms with van der Waals surface area (Å²) in [6, 6.07) is 11.4. The maximum Gasteiger partial charge on any atom is 0.310 e. The van der Waals surface area contributed by atoms with Gasteiger partial charge in [0.1, 0.15) is 23.7 Å². The molecule has 0 saturated heterocycles. The molecular weight excluding hydrogens is 497 g/mol. The van der Waals surface area contributed by atoms with Gasteiger partial charge < -0.3 is 19.2 Å². The van der Waals surface area contributed by atoms with Crippen LogP contribution in [0.2, 0.25) is 0 Å². The summed E-state index contributed by atoms with van der Waals surface area (Å²) in [7, 11) is 0. The van der Waals surface area contributed by atoms with Gasteiger partial charge in [0.05, 0.1) is 16.6 Å². The molecule has 0 bridgehead atoms. The van der Waals surface area contributed by atoms with E-state index in [9.17, 15) is 9.59 Å². The molecule has 1 heterocycles. The van der Waals surface area contributed by atoms with Crippen LogP contribution in [-0.4, -0.2) is 18.5 Å². The second-order valence-electron chi connectivity index (χ2n) is 6.84. The first-order chi connectivity index (χ1) is 14.4. The molecule has 2 aromatic carbocycles. The molecule has 3 rings (SSSR count). The minimum atomic E-state index is -0.323. The Morgan fingerprint density at radius 2 is 1.93 bits per heavy atom. The standard InChI is InChI=1S/C23H24INO5/c1-4-19-10-17-8-15(9-20(24)23(17)30-19)13-29-21-12-18(25-14(3)26)7-6-16(21)11-22(27)28-5-2/h6-10,12H,4-5,11,13H2,1-3H3,(H,25,26). The zero-order valence-electron chi connectivity index (χ0n) is 17.2. The lowest BCUT2D eigenvalue weighted by molar-refractivity contribution is -0.142. The normalized spacial score (nSPS) is 10.8. The Kier molecular flexibility index (Phi) is 7.36. The SMILES string of the molecule is CCOC(=O)Cc1ccc(NC(C)=O)cc1OCc1cc(I)c2oc(CC)cc2c1. The van der Waals surface area contributed by atoms with Crippen molar-refractivity contribution in [2.75, 3.05) is 11.9 Å². The molecule has 0 radical (unpaired) electrons. The molecule has 0 aliphatic heterocycles. The second kappa shape index (κ2) is 9.97. The van der Waals surface area contributed by atoms with Crippen LogP contribution in [0, 0.1) is 3.57 Å². The first kappa shape index (κ1) is 22.1. The van der Waals surface area contributed by atoms with Gasteiger partial charge in [0, 0.05) is 36.0 Å². The number of carbonyl (C=O) groups excluding carboxylic acids is 2. The molecule has 0 aliphatic rings. The van der Waals surface area contributed by atoms with Crippen LogP contribution in [0.3, 0.4) is 0 Å². The molecule has 0 aliphatic carbocycles. The lowest BCUT2D eigenvalue weighted by Gasteiger charge is -2.14. The third-order valence-corrected chi connectivity index (χ3v) is 5.25. The monoisotopic (exact) mass is 521 g/mol. The fraction of sp³-hybridized carbons (Fsp3) is 0.304. The molecule has 0 unspecified atom stereocenters. The minimum Gasteiger partial charge on any atom is -0.489 e. The van der Waals surface area contributed by atoms with Gasteiger partial charge in [-0.2, -0.15) is 0 Å². The summed E-state index contributed by atoms with van der Waals surface area (Å²) in [5, 5.41) is 3.78. The molecule has 0 saturated carbocycles. The van der Waals surface area contributed by atoms with Gasteiger partial charge in [0.2, 0.25) is 5.91 Å². The Morgan fingerprint density at radius 3 is 2.63 bits per heavy atom. The van der Waals surface area contributed by atoms with Gasteiger partial charge in [-0.1, -0.05) is 13.0 Å². The van der Waals surface area contributed by atoms with Gasteiger partial charge in [-0.3, -0.25) is 9.59 Å². The van der Waals surface area contributed by atoms with Crippen LogP contribution in [0.1, 0.15) is 37.7 Å². The van der Waals surface area contributed by atoms with E-state index in [1.807, 2.05) is 18.2 Å². The second-order valence-corrected chi connectivity index (χ2v) is 8.00. The summed E-state index contributed by atoms with van der Waals surface area (Å²) in [6.07, 6.45) is 0.936. The number of anilines is 1. The fourth-order valence-corrected chi connectivity index (χ4v) is 3.95. The highest BCUT2D eigenvalue weighted by molar-refractivity contribution is 14.1. The summed E-state index contributed by atoms with van der Waals surface area (Å²) in [5.41, 5.74) is 3.18. The molecule has 1 amide bonds. The van der Waals surface area contributed by atoms with Crippen LogP contribution in [0.4, 0.5) is 5.69 Å². The molecule has 1 N–H and O–H groups in total. The number of nitrogens with one attached hydrogen (secondary N) is 1. The van der Waals surface area contributed by atoms with Crippen molar-refractivity contribution in [1.82, 2.24) is 0 Å². The summed E-state index contributed by atoms with van der Waals surface area (Å²) in [4.78, 5) is 23.4. The predicted molar refractivity (Wildman–Crippen MR) is 124 cm³/mol. The number of fused-ring (bicyclic) bond motifs is 1. The zero-order valence-corrected chi connectivity index (χ0v) is 19.4.